The predicted molar refractivity (Wildman–Crippen MR) is 67.4 cm³/mol. The highest BCUT2D eigenvalue weighted by atomic mass is 27.0. The minimum absolute atomic E-state index is 0. The van der Waals surface area contributed by atoms with E-state index >= 15 is 0 Å². The lowest BCUT2D eigenvalue weighted by Crippen LogP contribution is -1.79. The lowest BCUT2D eigenvalue weighted by atomic mass is 10.1. The first-order chi connectivity index (χ1) is 5.91. The molecule has 0 unspecified atom stereocenters. The van der Waals surface area contributed by atoms with Gasteiger partial charge in [0.1, 0.15) is 0 Å². The maximum absolute atomic E-state index is 3.72. The van der Waals surface area contributed by atoms with Crippen molar-refractivity contribution in [3.8, 4) is 0 Å². The van der Waals surface area contributed by atoms with E-state index in [9.17, 15) is 0 Å². The molecule has 0 nitrogen and oxygen atoms in total. The lowest BCUT2D eigenvalue weighted by molar-refractivity contribution is 0.578. The maximum Gasteiger partial charge on any atom is 0.187 e. The topological polar surface area (TPSA) is 0 Å². The van der Waals surface area contributed by atoms with Gasteiger partial charge >= 0.3 is 0 Å². The Labute approximate surface area is 94.9 Å². The third-order valence-electron chi connectivity index (χ3n) is 2.26. The van der Waals surface area contributed by atoms with Gasteiger partial charge in [0.2, 0.25) is 0 Å². The molecule has 0 atom stereocenters. The molecule has 0 spiro atoms. The van der Waals surface area contributed by atoms with Gasteiger partial charge in [0.15, 0.2) is 17.4 Å². The molecular weight excluding hydrogens is 171 g/mol. The molecule has 0 aromatic carbocycles. The van der Waals surface area contributed by atoms with E-state index in [1.807, 2.05) is 6.08 Å². The second-order valence-electron chi connectivity index (χ2n) is 3.55. The van der Waals surface area contributed by atoms with E-state index in [4.69, 9.17) is 0 Å². The highest BCUT2D eigenvalue weighted by Crippen LogP contribution is 2.09. The first kappa shape index (κ1) is 15.7. The average molecular weight is 198 g/mol. The van der Waals surface area contributed by atoms with E-state index in [1.54, 1.807) is 0 Å². The van der Waals surface area contributed by atoms with E-state index in [-0.39, 0.29) is 17.4 Å². The van der Waals surface area contributed by atoms with Crippen molar-refractivity contribution in [1.29, 1.82) is 0 Å². The van der Waals surface area contributed by atoms with Gasteiger partial charge in [-0.2, -0.15) is 0 Å². The molecule has 0 aromatic heterocycles. The molecule has 0 aliphatic rings. The quantitative estimate of drug-likeness (QED) is 0.302. The summed E-state index contributed by atoms with van der Waals surface area (Å²) in [6, 6.07) is 0. The standard InChI is InChI=1S/C12H24.Al.3H/c1-3-5-7-9-11-12-10-8-6-4-2;;;;/h3H,1,4-12H2,2H3;;;;. The summed E-state index contributed by atoms with van der Waals surface area (Å²) in [5.41, 5.74) is 0. The number of allylic oxidation sites excluding steroid dienone is 1. The Balaban J connectivity index is 0. The van der Waals surface area contributed by atoms with Crippen LogP contribution < -0.4 is 0 Å². The Kier molecular flexibility index (Phi) is 17.9. The predicted octanol–water partition coefficient (Wildman–Crippen LogP) is 3.52. The van der Waals surface area contributed by atoms with Crippen LogP contribution in [0, 0.1) is 0 Å². The molecular formula is C12H27Al. The highest BCUT2D eigenvalue weighted by Gasteiger charge is 1.89. The van der Waals surface area contributed by atoms with Crippen molar-refractivity contribution in [3.05, 3.63) is 12.7 Å². The fourth-order valence-electron chi connectivity index (χ4n) is 1.42. The van der Waals surface area contributed by atoms with Gasteiger partial charge in [-0.3, -0.25) is 0 Å². The van der Waals surface area contributed by atoms with Crippen LogP contribution in [0.1, 0.15) is 64.7 Å². The number of hydrogen-bond donors (Lipinski definition) is 0. The van der Waals surface area contributed by atoms with E-state index < -0.39 is 0 Å². The maximum atomic E-state index is 3.72. The van der Waals surface area contributed by atoms with Crippen LogP contribution in [0.5, 0.6) is 0 Å². The third kappa shape index (κ3) is 15.1. The van der Waals surface area contributed by atoms with E-state index in [0.717, 1.165) is 0 Å². The Hall–Kier alpha value is 0.272. The molecule has 0 aliphatic carbocycles. The van der Waals surface area contributed by atoms with Crippen LogP contribution in [0.15, 0.2) is 12.7 Å². The van der Waals surface area contributed by atoms with E-state index in [2.05, 4.69) is 13.5 Å². The van der Waals surface area contributed by atoms with Crippen LogP contribution in [0.3, 0.4) is 0 Å². The Morgan fingerprint density at radius 3 is 1.77 bits per heavy atom. The van der Waals surface area contributed by atoms with Gasteiger partial charge in [0.05, 0.1) is 0 Å². The van der Waals surface area contributed by atoms with Gasteiger partial charge in [-0.15, -0.1) is 6.58 Å². The van der Waals surface area contributed by atoms with Crippen molar-refractivity contribution < 1.29 is 0 Å². The minimum Gasteiger partial charge on any atom is -0.103 e. The van der Waals surface area contributed by atoms with Crippen LogP contribution >= 0.6 is 0 Å². The Bertz CT molecular complexity index is 89.1. The van der Waals surface area contributed by atoms with Crippen LogP contribution in [-0.2, 0) is 0 Å². The van der Waals surface area contributed by atoms with Gasteiger partial charge in [-0.05, 0) is 12.8 Å². The smallest absolute Gasteiger partial charge is 0.103 e. The molecule has 1 heteroatoms. The molecule has 0 saturated heterocycles. The number of unbranched alkanes of at least 4 members (excludes halogenated alkanes) is 8. The molecule has 0 radical (unpaired) electrons. The van der Waals surface area contributed by atoms with Gasteiger partial charge in [0, 0.05) is 0 Å². The lowest BCUT2D eigenvalue weighted by Gasteiger charge is -1.99. The van der Waals surface area contributed by atoms with Crippen molar-refractivity contribution in [2.75, 3.05) is 0 Å². The third-order valence-corrected chi connectivity index (χ3v) is 2.26. The molecule has 0 saturated carbocycles. The van der Waals surface area contributed by atoms with Crippen LogP contribution in [-0.4, -0.2) is 17.4 Å². The SMILES string of the molecule is C=CCCCCCCCCCC.[AlH3]. The second-order valence-corrected chi connectivity index (χ2v) is 3.55. The van der Waals surface area contributed by atoms with Crippen LogP contribution in [0.25, 0.3) is 0 Å². The molecule has 0 bridgehead atoms. The molecule has 0 aromatic rings. The first-order valence-corrected chi connectivity index (χ1v) is 5.52. The monoisotopic (exact) mass is 198 g/mol. The van der Waals surface area contributed by atoms with E-state index in [1.165, 1.54) is 57.8 Å². The molecule has 78 valence electrons. The fraction of sp³-hybridized carbons (Fsp3) is 0.833. The summed E-state index contributed by atoms with van der Waals surface area (Å²) in [5.74, 6) is 0. The summed E-state index contributed by atoms with van der Waals surface area (Å²) in [6.45, 7) is 5.99. The average Bonchev–Trinajstić information content (AvgIpc) is 2.10. The second kappa shape index (κ2) is 14.8. The zero-order chi connectivity index (χ0) is 9.07. The van der Waals surface area contributed by atoms with Crippen LogP contribution in [0.4, 0.5) is 0 Å². The normalized spacial score (nSPS) is 9.31. The number of hydrogen-bond acceptors (Lipinski definition) is 0. The summed E-state index contributed by atoms with van der Waals surface area (Å²) in [7, 11) is 0. The number of rotatable bonds is 9. The summed E-state index contributed by atoms with van der Waals surface area (Å²) in [5, 5.41) is 0. The zero-order valence-electron chi connectivity index (χ0n) is 8.65. The van der Waals surface area contributed by atoms with Crippen molar-refractivity contribution in [3.63, 3.8) is 0 Å². The zero-order valence-corrected chi connectivity index (χ0v) is 8.65. The Morgan fingerprint density at radius 2 is 1.31 bits per heavy atom. The summed E-state index contributed by atoms with van der Waals surface area (Å²) in [6.07, 6.45) is 14.5. The summed E-state index contributed by atoms with van der Waals surface area (Å²) in [4.78, 5) is 0. The van der Waals surface area contributed by atoms with E-state index in [0.29, 0.717) is 0 Å². The van der Waals surface area contributed by atoms with Crippen molar-refractivity contribution in [2.45, 2.75) is 64.7 Å². The molecule has 0 fully saturated rings. The van der Waals surface area contributed by atoms with Crippen molar-refractivity contribution >= 4 is 17.4 Å². The molecule has 0 aliphatic heterocycles. The molecule has 0 N–H and O–H groups in total. The van der Waals surface area contributed by atoms with Crippen molar-refractivity contribution in [2.24, 2.45) is 0 Å². The van der Waals surface area contributed by atoms with Gasteiger partial charge in [-0.25, -0.2) is 0 Å². The first-order valence-electron chi connectivity index (χ1n) is 5.52. The molecule has 0 amide bonds. The largest absolute Gasteiger partial charge is 0.187 e. The van der Waals surface area contributed by atoms with Gasteiger partial charge in [0.25, 0.3) is 0 Å². The fourth-order valence-corrected chi connectivity index (χ4v) is 1.42. The summed E-state index contributed by atoms with van der Waals surface area (Å²) >= 11 is 0. The van der Waals surface area contributed by atoms with Crippen molar-refractivity contribution in [1.82, 2.24) is 0 Å². The Morgan fingerprint density at radius 1 is 0.846 bits per heavy atom. The van der Waals surface area contributed by atoms with Crippen LogP contribution in [0.2, 0.25) is 0 Å². The molecule has 0 heterocycles. The van der Waals surface area contributed by atoms with Gasteiger partial charge < -0.3 is 0 Å². The molecule has 13 heavy (non-hydrogen) atoms. The summed E-state index contributed by atoms with van der Waals surface area (Å²) < 4.78 is 0. The highest BCUT2D eigenvalue weighted by molar-refractivity contribution is 5.75. The van der Waals surface area contributed by atoms with Gasteiger partial charge in [-0.1, -0.05) is 57.9 Å². The molecule has 0 rings (SSSR count). The minimum atomic E-state index is 0.